The van der Waals surface area contributed by atoms with E-state index in [-0.39, 0.29) is 36.5 Å². The van der Waals surface area contributed by atoms with Gasteiger partial charge in [0.1, 0.15) is 0 Å². The van der Waals surface area contributed by atoms with Crippen molar-refractivity contribution in [3.8, 4) is 0 Å². The molecule has 0 saturated heterocycles. The Hall–Kier alpha value is -1.61. The van der Waals surface area contributed by atoms with Gasteiger partial charge in [0, 0.05) is 45.0 Å². The Labute approximate surface area is 160 Å². The summed E-state index contributed by atoms with van der Waals surface area (Å²) in [6, 6.07) is 10.0. The summed E-state index contributed by atoms with van der Waals surface area (Å²) in [5.41, 5.74) is 1.12. The number of guanidine groups is 1. The number of rotatable bonds is 8. The van der Waals surface area contributed by atoms with Crippen LogP contribution in [0.25, 0.3) is 0 Å². The Morgan fingerprint density at radius 1 is 1.29 bits per heavy atom. The predicted octanol–water partition coefficient (Wildman–Crippen LogP) is 1.83. The fraction of sp³-hybridized carbons (Fsp3) is 0.412. The molecule has 0 saturated carbocycles. The van der Waals surface area contributed by atoms with Gasteiger partial charge in [-0.05, 0) is 12.0 Å². The summed E-state index contributed by atoms with van der Waals surface area (Å²) in [4.78, 5) is 8.24. The van der Waals surface area contributed by atoms with E-state index in [0.717, 1.165) is 31.0 Å². The van der Waals surface area contributed by atoms with E-state index in [1.165, 1.54) is 0 Å². The first kappa shape index (κ1) is 20.4. The smallest absolute Gasteiger partial charge is 0.191 e. The number of halogens is 1. The highest BCUT2D eigenvalue weighted by Gasteiger charge is 2.10. The van der Waals surface area contributed by atoms with Gasteiger partial charge in [-0.15, -0.1) is 24.0 Å². The van der Waals surface area contributed by atoms with Gasteiger partial charge in [0.25, 0.3) is 0 Å². The van der Waals surface area contributed by atoms with Crippen molar-refractivity contribution in [2.75, 3.05) is 26.7 Å². The molecule has 6 nitrogen and oxygen atoms in total. The zero-order chi connectivity index (χ0) is 16.3. The third-order valence-corrected chi connectivity index (χ3v) is 3.68. The zero-order valence-corrected chi connectivity index (χ0v) is 16.3. The standard InChI is InChI=1S/C17H25N5O.HI/c1-18-17(20-8-5-10-22-11-9-19-14-22)21-12-16(13-23)15-6-3-2-4-7-15;/h2-4,6-7,9,11,14,16,23H,5,8,10,12-13H2,1H3,(H2,18,20,21);1H. The third kappa shape index (κ3) is 6.88. The van der Waals surface area contributed by atoms with E-state index in [9.17, 15) is 5.11 Å². The molecule has 0 aliphatic carbocycles. The average molecular weight is 443 g/mol. The molecule has 0 bridgehead atoms. The van der Waals surface area contributed by atoms with E-state index in [1.54, 1.807) is 13.2 Å². The number of hydrogen-bond acceptors (Lipinski definition) is 3. The second-order valence-corrected chi connectivity index (χ2v) is 5.32. The zero-order valence-electron chi connectivity index (χ0n) is 13.9. The van der Waals surface area contributed by atoms with Gasteiger partial charge in [0.2, 0.25) is 0 Å². The van der Waals surface area contributed by atoms with Crippen molar-refractivity contribution < 1.29 is 5.11 Å². The Kier molecular flexibility index (Phi) is 10.1. The van der Waals surface area contributed by atoms with E-state index in [0.29, 0.717) is 6.54 Å². The van der Waals surface area contributed by atoms with E-state index in [1.807, 2.05) is 42.9 Å². The molecule has 3 N–H and O–H groups in total. The largest absolute Gasteiger partial charge is 0.396 e. The van der Waals surface area contributed by atoms with Crippen molar-refractivity contribution in [2.24, 2.45) is 4.99 Å². The summed E-state index contributed by atoms with van der Waals surface area (Å²) in [5.74, 6) is 0.811. The monoisotopic (exact) mass is 443 g/mol. The van der Waals surface area contributed by atoms with Gasteiger partial charge in [-0.3, -0.25) is 4.99 Å². The van der Waals surface area contributed by atoms with Crippen LogP contribution in [-0.2, 0) is 6.54 Å². The van der Waals surface area contributed by atoms with E-state index < -0.39 is 0 Å². The molecule has 24 heavy (non-hydrogen) atoms. The molecular weight excluding hydrogens is 417 g/mol. The molecule has 1 aromatic carbocycles. The molecule has 1 unspecified atom stereocenters. The Morgan fingerprint density at radius 2 is 2.08 bits per heavy atom. The molecule has 2 aromatic rings. The minimum absolute atomic E-state index is 0. The maximum Gasteiger partial charge on any atom is 0.191 e. The molecule has 1 atom stereocenters. The molecule has 0 aliphatic rings. The summed E-state index contributed by atoms with van der Waals surface area (Å²) >= 11 is 0. The maximum atomic E-state index is 9.58. The highest BCUT2D eigenvalue weighted by atomic mass is 127. The first-order valence-corrected chi connectivity index (χ1v) is 7.89. The number of nitrogens with zero attached hydrogens (tertiary/aromatic N) is 3. The first-order chi connectivity index (χ1) is 11.3. The van der Waals surface area contributed by atoms with E-state index in [2.05, 4.69) is 25.2 Å². The number of aryl methyl sites for hydroxylation is 1. The third-order valence-electron chi connectivity index (χ3n) is 3.68. The molecule has 0 radical (unpaired) electrons. The number of benzene rings is 1. The first-order valence-electron chi connectivity index (χ1n) is 7.89. The van der Waals surface area contributed by atoms with Crippen LogP contribution in [0.15, 0.2) is 54.0 Å². The number of nitrogens with one attached hydrogen (secondary N) is 2. The quantitative estimate of drug-likeness (QED) is 0.252. The van der Waals surface area contributed by atoms with Crippen molar-refractivity contribution in [2.45, 2.75) is 18.9 Å². The van der Waals surface area contributed by atoms with E-state index in [4.69, 9.17) is 0 Å². The van der Waals surface area contributed by atoms with Crippen molar-refractivity contribution in [3.05, 3.63) is 54.6 Å². The van der Waals surface area contributed by atoms with Crippen molar-refractivity contribution in [1.82, 2.24) is 20.2 Å². The van der Waals surface area contributed by atoms with Gasteiger partial charge < -0.3 is 20.3 Å². The molecular formula is C17H26IN5O. The summed E-state index contributed by atoms with van der Waals surface area (Å²) in [6.45, 7) is 2.50. The lowest BCUT2D eigenvalue weighted by atomic mass is 10.0. The van der Waals surface area contributed by atoms with Gasteiger partial charge in [-0.2, -0.15) is 0 Å². The number of imidazole rings is 1. The lowest BCUT2D eigenvalue weighted by molar-refractivity contribution is 0.265. The Balaban J connectivity index is 0.00000288. The molecule has 7 heteroatoms. The number of aromatic nitrogens is 2. The molecule has 0 amide bonds. The highest BCUT2D eigenvalue weighted by molar-refractivity contribution is 14.0. The van der Waals surface area contributed by atoms with Crippen molar-refractivity contribution in [3.63, 3.8) is 0 Å². The van der Waals surface area contributed by atoms with Crippen LogP contribution >= 0.6 is 24.0 Å². The average Bonchev–Trinajstić information content (AvgIpc) is 3.11. The molecule has 1 heterocycles. The Bertz CT molecular complexity index is 574. The van der Waals surface area contributed by atoms with Crippen LogP contribution in [0.2, 0.25) is 0 Å². The number of aliphatic imine (C=N–C) groups is 1. The fourth-order valence-corrected chi connectivity index (χ4v) is 2.34. The molecule has 132 valence electrons. The van der Waals surface area contributed by atoms with Gasteiger partial charge in [0.05, 0.1) is 12.9 Å². The SMILES string of the molecule is CN=C(NCCCn1ccnc1)NCC(CO)c1ccccc1.I. The lowest BCUT2D eigenvalue weighted by Gasteiger charge is -2.18. The fourth-order valence-electron chi connectivity index (χ4n) is 2.34. The van der Waals surface area contributed by atoms with Gasteiger partial charge in [-0.1, -0.05) is 30.3 Å². The predicted molar refractivity (Wildman–Crippen MR) is 108 cm³/mol. The summed E-state index contributed by atoms with van der Waals surface area (Å²) in [6.07, 6.45) is 6.54. The summed E-state index contributed by atoms with van der Waals surface area (Å²) in [7, 11) is 1.75. The molecule has 0 aliphatic heterocycles. The van der Waals surface area contributed by atoms with Gasteiger partial charge >= 0.3 is 0 Å². The maximum absolute atomic E-state index is 9.58. The summed E-state index contributed by atoms with van der Waals surface area (Å²) < 4.78 is 2.05. The second kappa shape index (κ2) is 11.9. The van der Waals surface area contributed by atoms with Crippen molar-refractivity contribution in [1.29, 1.82) is 0 Å². The van der Waals surface area contributed by atoms with Crippen LogP contribution in [0.1, 0.15) is 17.9 Å². The molecule has 0 fully saturated rings. The molecule has 1 aromatic heterocycles. The number of aliphatic hydroxyl groups is 1. The number of aliphatic hydroxyl groups excluding tert-OH is 1. The van der Waals surface area contributed by atoms with E-state index >= 15 is 0 Å². The molecule has 0 spiro atoms. The van der Waals surface area contributed by atoms with Crippen LogP contribution in [-0.4, -0.2) is 47.4 Å². The number of hydrogen-bond donors (Lipinski definition) is 3. The van der Waals surface area contributed by atoms with Crippen LogP contribution in [0, 0.1) is 0 Å². The van der Waals surface area contributed by atoms with Crippen LogP contribution in [0.5, 0.6) is 0 Å². The molecule has 2 rings (SSSR count). The normalized spacial score (nSPS) is 12.3. The second-order valence-electron chi connectivity index (χ2n) is 5.32. The topological polar surface area (TPSA) is 74.5 Å². The van der Waals surface area contributed by atoms with Crippen molar-refractivity contribution >= 4 is 29.9 Å². The highest BCUT2D eigenvalue weighted by Crippen LogP contribution is 2.13. The van der Waals surface area contributed by atoms with Gasteiger partial charge in [-0.25, -0.2) is 4.98 Å². The minimum atomic E-state index is 0. The van der Waals surface area contributed by atoms with Crippen LogP contribution in [0.4, 0.5) is 0 Å². The minimum Gasteiger partial charge on any atom is -0.396 e. The Morgan fingerprint density at radius 3 is 2.71 bits per heavy atom. The van der Waals surface area contributed by atoms with Gasteiger partial charge in [0.15, 0.2) is 5.96 Å². The summed E-state index contributed by atoms with van der Waals surface area (Å²) in [5, 5.41) is 16.1. The lowest BCUT2D eigenvalue weighted by Crippen LogP contribution is -2.40. The van der Waals surface area contributed by atoms with Crippen LogP contribution in [0.3, 0.4) is 0 Å². The van der Waals surface area contributed by atoms with Crippen LogP contribution < -0.4 is 10.6 Å².